The second-order valence-corrected chi connectivity index (χ2v) is 6.73. The third-order valence-electron chi connectivity index (χ3n) is 3.82. The Kier molecular flexibility index (Phi) is 8.07. The molecule has 0 spiro atoms. The van der Waals surface area contributed by atoms with Crippen molar-refractivity contribution in [1.29, 1.82) is 0 Å². The second-order valence-electron chi connectivity index (χ2n) is 5.85. The molecule has 0 aliphatic heterocycles. The Bertz CT molecular complexity index is 788. The van der Waals surface area contributed by atoms with E-state index < -0.39 is 12.1 Å². The van der Waals surface area contributed by atoms with Crippen LogP contribution in [-0.2, 0) is 20.7 Å². The van der Waals surface area contributed by atoms with E-state index in [1.807, 2.05) is 30.5 Å². The summed E-state index contributed by atoms with van der Waals surface area (Å²) in [5.74, 6) is -1.25. The van der Waals surface area contributed by atoms with Crippen molar-refractivity contribution in [3.63, 3.8) is 0 Å². The summed E-state index contributed by atoms with van der Waals surface area (Å²) in [7, 11) is 0. The number of carbonyl (C=O) groups is 2. The molecule has 0 radical (unpaired) electrons. The highest BCUT2D eigenvalue weighted by molar-refractivity contribution is 7.98. The van der Waals surface area contributed by atoms with Crippen molar-refractivity contribution in [2.45, 2.75) is 24.3 Å². The predicted molar refractivity (Wildman–Crippen MR) is 106 cm³/mol. The average Bonchev–Trinajstić information content (AvgIpc) is 2.68. The summed E-state index contributed by atoms with van der Waals surface area (Å²) in [5, 5.41) is 2.70. The molecule has 6 heteroatoms. The maximum atomic E-state index is 12.8. The number of rotatable bonds is 8. The molecule has 0 bridgehead atoms. The van der Waals surface area contributed by atoms with Crippen molar-refractivity contribution >= 4 is 29.7 Å². The zero-order chi connectivity index (χ0) is 19.6. The van der Waals surface area contributed by atoms with Crippen LogP contribution in [0.4, 0.5) is 4.39 Å². The molecule has 0 saturated heterocycles. The first kappa shape index (κ1) is 20.7. The number of esters is 1. The molecule has 1 amide bonds. The summed E-state index contributed by atoms with van der Waals surface area (Å²) in [6.45, 7) is 1.90. The van der Waals surface area contributed by atoms with E-state index in [0.29, 0.717) is 13.0 Å². The van der Waals surface area contributed by atoms with Gasteiger partial charge in [-0.15, -0.1) is 11.8 Å². The molecule has 0 heterocycles. The lowest BCUT2D eigenvalue weighted by molar-refractivity contribution is -0.150. The van der Waals surface area contributed by atoms with Crippen LogP contribution in [-0.4, -0.2) is 30.8 Å². The Morgan fingerprint density at radius 2 is 1.81 bits per heavy atom. The second kappa shape index (κ2) is 10.5. The molecule has 0 aromatic heterocycles. The average molecular weight is 387 g/mol. The quantitative estimate of drug-likeness (QED) is 0.425. The lowest BCUT2D eigenvalue weighted by Crippen LogP contribution is -2.36. The number of ether oxygens (including phenoxy) is 1. The molecule has 2 aromatic carbocycles. The van der Waals surface area contributed by atoms with Gasteiger partial charge in [0.25, 0.3) is 5.91 Å². The molecule has 0 saturated carbocycles. The van der Waals surface area contributed by atoms with E-state index in [-0.39, 0.29) is 11.7 Å². The first-order valence-electron chi connectivity index (χ1n) is 8.53. The van der Waals surface area contributed by atoms with E-state index in [9.17, 15) is 14.0 Å². The van der Waals surface area contributed by atoms with Gasteiger partial charge in [-0.1, -0.05) is 24.3 Å². The standard InChI is InChI=1S/C21H22FNO3S/c1-15(21(25)23-14-13-17-3-8-18(22)9-4-17)26-20(24)12-7-16-5-10-19(27-2)11-6-16/h3-12,15H,13-14H2,1-2H3,(H,23,25)/b12-7+/t15-/m1/s1. The van der Waals surface area contributed by atoms with Crippen LogP contribution in [0.1, 0.15) is 18.1 Å². The molecule has 27 heavy (non-hydrogen) atoms. The van der Waals surface area contributed by atoms with E-state index in [2.05, 4.69) is 5.32 Å². The molecule has 2 aromatic rings. The zero-order valence-electron chi connectivity index (χ0n) is 15.3. The molecule has 0 aliphatic rings. The van der Waals surface area contributed by atoms with E-state index in [1.54, 1.807) is 30.0 Å². The number of halogens is 1. The summed E-state index contributed by atoms with van der Waals surface area (Å²) < 4.78 is 18.0. The molecule has 0 unspecified atom stereocenters. The van der Waals surface area contributed by atoms with Crippen LogP contribution in [0.5, 0.6) is 0 Å². The summed E-state index contributed by atoms with van der Waals surface area (Å²) in [6, 6.07) is 13.8. The predicted octanol–water partition coefficient (Wildman–Crippen LogP) is 3.85. The topological polar surface area (TPSA) is 55.4 Å². The van der Waals surface area contributed by atoms with E-state index in [0.717, 1.165) is 16.0 Å². The van der Waals surface area contributed by atoms with Crippen molar-refractivity contribution in [1.82, 2.24) is 5.32 Å². The van der Waals surface area contributed by atoms with Crippen LogP contribution in [0.15, 0.2) is 59.5 Å². The fraction of sp³-hybridized carbons (Fsp3) is 0.238. The summed E-state index contributed by atoms with van der Waals surface area (Å²) >= 11 is 1.64. The Morgan fingerprint density at radius 1 is 1.15 bits per heavy atom. The van der Waals surface area contributed by atoms with Crippen LogP contribution in [0.3, 0.4) is 0 Å². The highest BCUT2D eigenvalue weighted by Crippen LogP contribution is 2.15. The number of thioether (sulfide) groups is 1. The zero-order valence-corrected chi connectivity index (χ0v) is 16.1. The minimum absolute atomic E-state index is 0.295. The summed E-state index contributed by atoms with van der Waals surface area (Å²) in [6.07, 6.45) is 4.61. The van der Waals surface area contributed by atoms with Crippen molar-refractivity contribution in [2.24, 2.45) is 0 Å². The van der Waals surface area contributed by atoms with E-state index in [4.69, 9.17) is 4.74 Å². The Balaban J connectivity index is 1.74. The van der Waals surface area contributed by atoms with Gasteiger partial charge in [-0.2, -0.15) is 0 Å². The van der Waals surface area contributed by atoms with Gasteiger partial charge in [0.15, 0.2) is 6.10 Å². The fourth-order valence-electron chi connectivity index (χ4n) is 2.27. The molecule has 1 N–H and O–H groups in total. The summed E-state index contributed by atoms with van der Waals surface area (Å²) in [4.78, 5) is 25.0. The van der Waals surface area contributed by atoms with Gasteiger partial charge in [-0.25, -0.2) is 9.18 Å². The van der Waals surface area contributed by atoms with Gasteiger partial charge in [0, 0.05) is 17.5 Å². The van der Waals surface area contributed by atoms with Crippen LogP contribution in [0.25, 0.3) is 6.08 Å². The lowest BCUT2D eigenvalue weighted by Gasteiger charge is -2.12. The first-order chi connectivity index (χ1) is 13.0. The molecular weight excluding hydrogens is 365 g/mol. The number of benzene rings is 2. The van der Waals surface area contributed by atoms with Gasteiger partial charge in [0.2, 0.25) is 0 Å². The van der Waals surface area contributed by atoms with Crippen LogP contribution >= 0.6 is 11.8 Å². The van der Waals surface area contributed by atoms with Crippen molar-refractivity contribution in [3.05, 3.63) is 71.6 Å². The maximum Gasteiger partial charge on any atom is 0.331 e. The Morgan fingerprint density at radius 3 is 2.44 bits per heavy atom. The Hall–Kier alpha value is -2.60. The highest BCUT2D eigenvalue weighted by Gasteiger charge is 2.15. The minimum atomic E-state index is -0.894. The molecule has 0 fully saturated rings. The smallest absolute Gasteiger partial charge is 0.331 e. The first-order valence-corrected chi connectivity index (χ1v) is 9.75. The molecule has 2 rings (SSSR count). The van der Waals surface area contributed by atoms with E-state index in [1.165, 1.54) is 25.1 Å². The van der Waals surface area contributed by atoms with Gasteiger partial charge in [0.1, 0.15) is 5.82 Å². The Labute approximate surface area is 162 Å². The van der Waals surface area contributed by atoms with Crippen molar-refractivity contribution < 1.29 is 18.7 Å². The van der Waals surface area contributed by atoms with Gasteiger partial charge in [-0.3, -0.25) is 4.79 Å². The molecule has 142 valence electrons. The van der Waals surface area contributed by atoms with Crippen molar-refractivity contribution in [2.75, 3.05) is 12.8 Å². The lowest BCUT2D eigenvalue weighted by atomic mass is 10.1. The fourth-order valence-corrected chi connectivity index (χ4v) is 2.68. The highest BCUT2D eigenvalue weighted by atomic mass is 32.2. The number of amides is 1. The van der Waals surface area contributed by atoms with Gasteiger partial charge >= 0.3 is 5.97 Å². The monoisotopic (exact) mass is 387 g/mol. The summed E-state index contributed by atoms with van der Waals surface area (Å²) in [5.41, 5.74) is 1.79. The number of carbonyl (C=O) groups excluding carboxylic acids is 2. The van der Waals surface area contributed by atoms with Crippen LogP contribution in [0, 0.1) is 5.82 Å². The number of hydrogen-bond acceptors (Lipinski definition) is 4. The normalized spacial score (nSPS) is 12.0. The van der Waals surface area contributed by atoms with Crippen LogP contribution in [0.2, 0.25) is 0 Å². The largest absolute Gasteiger partial charge is 0.449 e. The number of nitrogens with one attached hydrogen (secondary N) is 1. The SMILES string of the molecule is CSc1ccc(/C=C/C(=O)O[C@H](C)C(=O)NCCc2ccc(F)cc2)cc1. The molecule has 4 nitrogen and oxygen atoms in total. The van der Waals surface area contributed by atoms with E-state index >= 15 is 0 Å². The third kappa shape index (κ3) is 7.27. The molecular formula is C21H22FNO3S. The van der Waals surface area contributed by atoms with Crippen LogP contribution < -0.4 is 5.32 Å². The third-order valence-corrected chi connectivity index (χ3v) is 4.56. The van der Waals surface area contributed by atoms with Crippen molar-refractivity contribution in [3.8, 4) is 0 Å². The number of hydrogen-bond donors (Lipinski definition) is 1. The van der Waals surface area contributed by atoms with Gasteiger partial charge in [0.05, 0.1) is 0 Å². The van der Waals surface area contributed by atoms with Gasteiger partial charge < -0.3 is 10.1 Å². The van der Waals surface area contributed by atoms with Gasteiger partial charge in [-0.05, 0) is 61.1 Å². The maximum absolute atomic E-state index is 12.8. The minimum Gasteiger partial charge on any atom is -0.449 e. The molecule has 1 atom stereocenters. The molecule has 0 aliphatic carbocycles.